The number of hydrogen-bond donors (Lipinski definition) is 1. The highest BCUT2D eigenvalue weighted by Gasteiger charge is 2.49. The molecule has 1 N–H and O–H groups in total. The third-order valence-electron chi connectivity index (χ3n) is 3.72. The maximum Gasteiger partial charge on any atom is 0.226 e. The highest BCUT2D eigenvalue weighted by molar-refractivity contribution is 5.82. The minimum absolute atomic E-state index is 0.0534. The first-order chi connectivity index (χ1) is 7.75. The van der Waals surface area contributed by atoms with Gasteiger partial charge in [0.15, 0.2) is 0 Å². The van der Waals surface area contributed by atoms with E-state index < -0.39 is 0 Å². The van der Waals surface area contributed by atoms with E-state index in [9.17, 15) is 9.90 Å². The Morgan fingerprint density at radius 3 is 2.69 bits per heavy atom. The Hall–Kier alpha value is -1.35. The Kier molecular flexibility index (Phi) is 2.21. The van der Waals surface area contributed by atoms with Crippen molar-refractivity contribution in [2.24, 2.45) is 5.92 Å². The molecule has 1 aliphatic carbocycles. The Balaban J connectivity index is 1.79. The van der Waals surface area contributed by atoms with Gasteiger partial charge in [0.1, 0.15) is 0 Å². The first-order valence-corrected chi connectivity index (χ1v) is 5.78. The summed E-state index contributed by atoms with van der Waals surface area (Å²) in [6.45, 7) is 0.637. The van der Waals surface area contributed by atoms with Crippen molar-refractivity contribution in [2.45, 2.75) is 31.5 Å². The van der Waals surface area contributed by atoms with Gasteiger partial charge in [-0.2, -0.15) is 0 Å². The normalized spacial score (nSPS) is 32.4. The van der Waals surface area contributed by atoms with Crippen molar-refractivity contribution in [2.75, 3.05) is 0 Å². The zero-order chi connectivity index (χ0) is 11.1. The number of aliphatic hydroxyl groups is 1. The largest absolute Gasteiger partial charge is 0.391 e. The summed E-state index contributed by atoms with van der Waals surface area (Å²) in [5.41, 5.74) is 1.13. The molecule has 0 aromatic heterocycles. The van der Waals surface area contributed by atoms with Crippen molar-refractivity contribution >= 4 is 5.91 Å². The van der Waals surface area contributed by atoms with Gasteiger partial charge in [0.2, 0.25) is 5.91 Å². The molecule has 1 aromatic carbocycles. The van der Waals surface area contributed by atoms with Gasteiger partial charge in [0, 0.05) is 12.5 Å². The summed E-state index contributed by atoms with van der Waals surface area (Å²) in [6, 6.07) is 10.0. The van der Waals surface area contributed by atoms with E-state index in [2.05, 4.69) is 0 Å². The lowest BCUT2D eigenvalue weighted by molar-refractivity contribution is -0.138. The van der Waals surface area contributed by atoms with E-state index in [1.807, 2.05) is 35.2 Å². The highest BCUT2D eigenvalue weighted by atomic mass is 16.3. The molecule has 2 fully saturated rings. The van der Waals surface area contributed by atoms with Crippen molar-refractivity contribution < 1.29 is 9.90 Å². The maximum atomic E-state index is 11.9. The van der Waals surface area contributed by atoms with Crippen LogP contribution in [0.4, 0.5) is 0 Å². The predicted molar refractivity (Wildman–Crippen MR) is 59.5 cm³/mol. The number of amides is 1. The topological polar surface area (TPSA) is 40.5 Å². The van der Waals surface area contributed by atoms with Gasteiger partial charge in [-0.1, -0.05) is 30.3 Å². The van der Waals surface area contributed by atoms with Crippen LogP contribution in [0.5, 0.6) is 0 Å². The van der Waals surface area contributed by atoms with E-state index in [1.54, 1.807) is 0 Å². The van der Waals surface area contributed by atoms with E-state index >= 15 is 0 Å². The molecule has 1 saturated carbocycles. The number of carbonyl (C=O) groups excluding carboxylic acids is 1. The fourth-order valence-corrected chi connectivity index (χ4v) is 2.90. The molecule has 1 amide bonds. The van der Waals surface area contributed by atoms with Gasteiger partial charge in [0.05, 0.1) is 12.1 Å². The smallest absolute Gasteiger partial charge is 0.226 e. The molecule has 0 radical (unpaired) electrons. The van der Waals surface area contributed by atoms with Crippen molar-refractivity contribution in [3.8, 4) is 0 Å². The molecule has 2 bridgehead atoms. The summed E-state index contributed by atoms with van der Waals surface area (Å²) in [7, 11) is 0. The van der Waals surface area contributed by atoms with Gasteiger partial charge < -0.3 is 10.0 Å². The molecule has 1 saturated heterocycles. The third-order valence-corrected chi connectivity index (χ3v) is 3.72. The summed E-state index contributed by atoms with van der Waals surface area (Å²) in [5.74, 6) is 0.294. The van der Waals surface area contributed by atoms with Crippen molar-refractivity contribution in [1.82, 2.24) is 4.90 Å². The van der Waals surface area contributed by atoms with Crippen molar-refractivity contribution in [3.05, 3.63) is 35.9 Å². The molecule has 2 aliphatic rings. The van der Waals surface area contributed by atoms with E-state index in [0.29, 0.717) is 13.0 Å². The SMILES string of the molecule is O=C1[C@H]2C[C@H]([C@@H](O)C2)N1Cc1ccccc1. The molecule has 0 spiro atoms. The molecular formula is C13H15NO2. The van der Waals surface area contributed by atoms with Crippen LogP contribution in [0.3, 0.4) is 0 Å². The first kappa shape index (κ1) is 9.85. The van der Waals surface area contributed by atoms with Gasteiger partial charge in [-0.15, -0.1) is 0 Å². The van der Waals surface area contributed by atoms with Crippen molar-refractivity contribution in [3.63, 3.8) is 0 Å². The minimum Gasteiger partial charge on any atom is -0.391 e. The van der Waals surface area contributed by atoms with Gasteiger partial charge in [0.25, 0.3) is 0 Å². The van der Waals surface area contributed by atoms with Gasteiger partial charge in [-0.25, -0.2) is 0 Å². The molecular weight excluding hydrogens is 202 g/mol. The van der Waals surface area contributed by atoms with Crippen LogP contribution in [0.1, 0.15) is 18.4 Å². The second kappa shape index (κ2) is 3.59. The number of likely N-dealkylation sites (tertiary alicyclic amines) is 1. The number of carbonyl (C=O) groups is 1. The summed E-state index contributed by atoms with van der Waals surface area (Å²) in [6.07, 6.45) is 1.19. The molecule has 16 heavy (non-hydrogen) atoms. The van der Waals surface area contributed by atoms with Crippen LogP contribution < -0.4 is 0 Å². The minimum atomic E-state index is -0.314. The monoisotopic (exact) mass is 217 g/mol. The number of aliphatic hydroxyl groups excluding tert-OH is 1. The van der Waals surface area contributed by atoms with Gasteiger partial charge in [-0.05, 0) is 18.4 Å². The third kappa shape index (κ3) is 1.43. The van der Waals surface area contributed by atoms with Crippen LogP contribution in [0.15, 0.2) is 30.3 Å². The molecule has 1 heterocycles. The lowest BCUT2D eigenvalue weighted by Crippen LogP contribution is -2.43. The molecule has 1 aromatic rings. The van der Waals surface area contributed by atoms with Crippen LogP contribution in [-0.2, 0) is 11.3 Å². The van der Waals surface area contributed by atoms with Gasteiger partial charge >= 0.3 is 0 Å². The molecule has 3 nitrogen and oxygen atoms in total. The zero-order valence-corrected chi connectivity index (χ0v) is 9.04. The first-order valence-electron chi connectivity index (χ1n) is 5.78. The zero-order valence-electron chi connectivity index (χ0n) is 9.04. The Morgan fingerprint density at radius 1 is 1.25 bits per heavy atom. The second-order valence-electron chi connectivity index (χ2n) is 4.75. The van der Waals surface area contributed by atoms with E-state index in [4.69, 9.17) is 0 Å². The number of hydrogen-bond acceptors (Lipinski definition) is 2. The number of rotatable bonds is 2. The lowest BCUT2D eigenvalue weighted by atomic mass is 10.1. The van der Waals surface area contributed by atoms with Crippen molar-refractivity contribution in [1.29, 1.82) is 0 Å². The number of nitrogens with zero attached hydrogens (tertiary/aromatic N) is 1. The average Bonchev–Trinajstić information content (AvgIpc) is 2.80. The second-order valence-corrected chi connectivity index (χ2v) is 4.75. The van der Waals surface area contributed by atoms with Crippen LogP contribution >= 0.6 is 0 Å². The molecule has 3 rings (SSSR count). The maximum absolute atomic E-state index is 11.9. The Morgan fingerprint density at radius 2 is 2.00 bits per heavy atom. The Labute approximate surface area is 94.7 Å². The van der Waals surface area contributed by atoms with Gasteiger partial charge in [-0.3, -0.25) is 4.79 Å². The lowest BCUT2D eigenvalue weighted by Gasteiger charge is -2.30. The molecule has 0 unspecified atom stereocenters. The summed E-state index contributed by atoms with van der Waals surface area (Å²) in [5, 5.41) is 9.79. The molecule has 1 aliphatic heterocycles. The van der Waals surface area contributed by atoms with E-state index in [-0.39, 0.29) is 24.0 Å². The predicted octanol–water partition coefficient (Wildman–Crippen LogP) is 1.17. The Bertz CT molecular complexity index is 404. The number of piperidine rings is 1. The highest BCUT2D eigenvalue weighted by Crippen LogP contribution is 2.39. The van der Waals surface area contributed by atoms with Crippen LogP contribution in [0.2, 0.25) is 0 Å². The average molecular weight is 217 g/mol. The molecule has 3 heteroatoms. The number of benzene rings is 1. The van der Waals surface area contributed by atoms with E-state index in [0.717, 1.165) is 12.0 Å². The molecule has 3 atom stereocenters. The van der Waals surface area contributed by atoms with E-state index in [1.165, 1.54) is 0 Å². The summed E-state index contributed by atoms with van der Waals surface area (Å²) >= 11 is 0. The quantitative estimate of drug-likeness (QED) is 0.807. The summed E-state index contributed by atoms with van der Waals surface area (Å²) in [4.78, 5) is 13.8. The van der Waals surface area contributed by atoms with Crippen LogP contribution in [-0.4, -0.2) is 28.1 Å². The fraction of sp³-hybridized carbons (Fsp3) is 0.462. The standard InChI is InChI=1S/C13H15NO2/c15-12-7-10-6-11(12)14(13(10)16)8-9-4-2-1-3-5-9/h1-5,10-12,15H,6-8H2/t10-,11+,12-/m0/s1. The van der Waals surface area contributed by atoms with Crippen LogP contribution in [0, 0.1) is 5.92 Å². The summed E-state index contributed by atoms with van der Waals surface area (Å²) < 4.78 is 0. The molecule has 84 valence electrons. The van der Waals surface area contributed by atoms with Crippen LogP contribution in [0.25, 0.3) is 0 Å². The fourth-order valence-electron chi connectivity index (χ4n) is 2.90. The number of fused-ring (bicyclic) bond motifs is 2.